The molecule has 0 atom stereocenters. The van der Waals surface area contributed by atoms with Crippen molar-refractivity contribution in [3.05, 3.63) is 28.2 Å². The lowest BCUT2D eigenvalue weighted by Crippen LogP contribution is -2.14. The predicted octanol–water partition coefficient (Wildman–Crippen LogP) is 4.70. The maximum atomic E-state index is 3.55. The SMILES string of the molecule is CCCNCc1cc(Br)ccc1SCC(C)C. The van der Waals surface area contributed by atoms with Gasteiger partial charge in [-0.05, 0) is 42.6 Å². The Bertz CT molecular complexity index is 339. The summed E-state index contributed by atoms with van der Waals surface area (Å²) in [5.41, 5.74) is 1.40. The minimum atomic E-state index is 0.736. The van der Waals surface area contributed by atoms with Gasteiger partial charge in [0, 0.05) is 21.7 Å². The van der Waals surface area contributed by atoms with Crippen molar-refractivity contribution in [2.24, 2.45) is 5.92 Å². The molecule has 0 spiro atoms. The molecule has 0 aromatic heterocycles. The summed E-state index contributed by atoms with van der Waals surface area (Å²) >= 11 is 5.51. The third-order valence-electron chi connectivity index (χ3n) is 2.34. The fourth-order valence-corrected chi connectivity index (χ4v) is 2.89. The summed E-state index contributed by atoms with van der Waals surface area (Å²) in [5.74, 6) is 1.92. The number of thioether (sulfide) groups is 1. The van der Waals surface area contributed by atoms with Crippen LogP contribution >= 0.6 is 27.7 Å². The van der Waals surface area contributed by atoms with Gasteiger partial charge in [0.05, 0.1) is 0 Å². The van der Waals surface area contributed by atoms with Crippen LogP contribution in [0.5, 0.6) is 0 Å². The van der Waals surface area contributed by atoms with Gasteiger partial charge >= 0.3 is 0 Å². The molecule has 17 heavy (non-hydrogen) atoms. The first-order chi connectivity index (χ1) is 8.13. The number of benzene rings is 1. The maximum absolute atomic E-state index is 3.55. The predicted molar refractivity (Wildman–Crippen MR) is 81.7 cm³/mol. The van der Waals surface area contributed by atoms with Crippen LogP contribution in [0.4, 0.5) is 0 Å². The average Bonchev–Trinajstić information content (AvgIpc) is 2.28. The molecule has 0 radical (unpaired) electrons. The Morgan fingerprint density at radius 2 is 2.12 bits per heavy atom. The highest BCUT2D eigenvalue weighted by Crippen LogP contribution is 2.27. The molecule has 0 heterocycles. The van der Waals surface area contributed by atoms with Crippen LogP contribution in [0.3, 0.4) is 0 Å². The summed E-state index contributed by atoms with van der Waals surface area (Å²) in [5, 5.41) is 3.47. The molecule has 0 unspecified atom stereocenters. The van der Waals surface area contributed by atoms with Crippen LogP contribution in [-0.4, -0.2) is 12.3 Å². The van der Waals surface area contributed by atoms with E-state index in [1.165, 1.54) is 27.1 Å². The molecule has 0 aliphatic rings. The van der Waals surface area contributed by atoms with Crippen molar-refractivity contribution in [1.29, 1.82) is 0 Å². The summed E-state index contributed by atoms with van der Waals surface area (Å²) in [4.78, 5) is 1.41. The Morgan fingerprint density at radius 1 is 1.35 bits per heavy atom. The van der Waals surface area contributed by atoms with Crippen molar-refractivity contribution in [3.63, 3.8) is 0 Å². The number of hydrogen-bond acceptors (Lipinski definition) is 2. The molecule has 0 saturated heterocycles. The number of nitrogens with one attached hydrogen (secondary N) is 1. The van der Waals surface area contributed by atoms with Gasteiger partial charge in [0.25, 0.3) is 0 Å². The fraction of sp³-hybridized carbons (Fsp3) is 0.571. The molecule has 0 aliphatic heterocycles. The molecule has 96 valence electrons. The topological polar surface area (TPSA) is 12.0 Å². The zero-order valence-electron chi connectivity index (χ0n) is 10.9. The molecule has 0 aliphatic carbocycles. The van der Waals surface area contributed by atoms with E-state index in [0.29, 0.717) is 0 Å². The quantitative estimate of drug-likeness (QED) is 0.578. The molecular formula is C14H22BrNS. The van der Waals surface area contributed by atoms with Crippen LogP contribution in [0, 0.1) is 5.92 Å². The van der Waals surface area contributed by atoms with Crippen LogP contribution in [0.15, 0.2) is 27.6 Å². The summed E-state index contributed by atoms with van der Waals surface area (Å²) in [6.07, 6.45) is 1.18. The van der Waals surface area contributed by atoms with Crippen molar-refractivity contribution in [1.82, 2.24) is 5.32 Å². The van der Waals surface area contributed by atoms with Gasteiger partial charge in [-0.15, -0.1) is 11.8 Å². The third kappa shape index (κ3) is 5.94. The largest absolute Gasteiger partial charge is 0.313 e. The zero-order chi connectivity index (χ0) is 12.7. The first-order valence-electron chi connectivity index (χ1n) is 6.25. The van der Waals surface area contributed by atoms with E-state index in [1.54, 1.807) is 0 Å². The highest BCUT2D eigenvalue weighted by Gasteiger charge is 2.05. The lowest BCUT2D eigenvalue weighted by atomic mass is 10.2. The van der Waals surface area contributed by atoms with Gasteiger partial charge in [0.1, 0.15) is 0 Å². The molecule has 0 amide bonds. The summed E-state index contributed by atoms with van der Waals surface area (Å²) in [6.45, 7) is 8.78. The number of halogens is 1. The van der Waals surface area contributed by atoms with Crippen molar-refractivity contribution in [2.45, 2.75) is 38.6 Å². The summed E-state index contributed by atoms with van der Waals surface area (Å²) in [7, 11) is 0. The van der Waals surface area contributed by atoms with E-state index in [4.69, 9.17) is 0 Å². The highest BCUT2D eigenvalue weighted by atomic mass is 79.9. The standard InChI is InChI=1S/C14H22BrNS/c1-4-7-16-9-12-8-13(15)5-6-14(12)17-10-11(2)3/h5-6,8,11,16H,4,7,9-10H2,1-3H3. The molecule has 1 nitrogen and oxygen atoms in total. The average molecular weight is 316 g/mol. The van der Waals surface area contributed by atoms with Crippen molar-refractivity contribution >= 4 is 27.7 Å². The monoisotopic (exact) mass is 315 g/mol. The first kappa shape index (κ1) is 15.1. The van der Waals surface area contributed by atoms with Crippen LogP contribution in [0.25, 0.3) is 0 Å². The smallest absolute Gasteiger partial charge is 0.0217 e. The molecule has 1 aromatic carbocycles. The molecule has 0 fully saturated rings. The Hall–Kier alpha value is 0.01000. The van der Waals surface area contributed by atoms with E-state index in [1.807, 2.05) is 11.8 Å². The fourth-order valence-electron chi connectivity index (χ4n) is 1.48. The Kier molecular flexibility index (Phi) is 7.24. The van der Waals surface area contributed by atoms with E-state index in [-0.39, 0.29) is 0 Å². The zero-order valence-corrected chi connectivity index (χ0v) is 13.3. The van der Waals surface area contributed by atoms with Gasteiger partial charge < -0.3 is 5.32 Å². The normalized spacial score (nSPS) is 11.1. The van der Waals surface area contributed by atoms with Gasteiger partial charge in [0.15, 0.2) is 0 Å². The second-order valence-electron chi connectivity index (χ2n) is 4.63. The van der Waals surface area contributed by atoms with Crippen molar-refractivity contribution < 1.29 is 0 Å². The minimum Gasteiger partial charge on any atom is -0.313 e. The maximum Gasteiger partial charge on any atom is 0.0217 e. The summed E-state index contributed by atoms with van der Waals surface area (Å²) < 4.78 is 1.17. The molecule has 0 bridgehead atoms. The molecule has 0 saturated carbocycles. The molecule has 3 heteroatoms. The van der Waals surface area contributed by atoms with Gasteiger partial charge in [-0.1, -0.05) is 36.7 Å². The Morgan fingerprint density at radius 3 is 2.76 bits per heavy atom. The minimum absolute atomic E-state index is 0.736. The highest BCUT2D eigenvalue weighted by molar-refractivity contribution is 9.10. The second-order valence-corrected chi connectivity index (χ2v) is 6.61. The summed E-state index contributed by atoms with van der Waals surface area (Å²) in [6, 6.07) is 6.58. The third-order valence-corrected chi connectivity index (χ3v) is 4.37. The van der Waals surface area contributed by atoms with E-state index in [0.717, 1.165) is 19.0 Å². The van der Waals surface area contributed by atoms with Gasteiger partial charge in [-0.2, -0.15) is 0 Å². The lowest BCUT2D eigenvalue weighted by molar-refractivity contribution is 0.669. The van der Waals surface area contributed by atoms with Crippen LogP contribution in [0.2, 0.25) is 0 Å². The van der Waals surface area contributed by atoms with E-state index >= 15 is 0 Å². The Balaban J connectivity index is 2.66. The number of rotatable bonds is 7. The molecular weight excluding hydrogens is 294 g/mol. The Labute approximate surface area is 118 Å². The van der Waals surface area contributed by atoms with E-state index in [2.05, 4.69) is 60.2 Å². The van der Waals surface area contributed by atoms with Crippen molar-refractivity contribution in [3.8, 4) is 0 Å². The molecule has 1 N–H and O–H groups in total. The van der Waals surface area contributed by atoms with Gasteiger partial charge in [-0.25, -0.2) is 0 Å². The van der Waals surface area contributed by atoms with E-state index in [9.17, 15) is 0 Å². The van der Waals surface area contributed by atoms with Crippen LogP contribution < -0.4 is 5.32 Å². The van der Waals surface area contributed by atoms with Gasteiger partial charge in [-0.3, -0.25) is 0 Å². The lowest BCUT2D eigenvalue weighted by Gasteiger charge is -2.12. The first-order valence-corrected chi connectivity index (χ1v) is 8.03. The second kappa shape index (κ2) is 8.17. The molecule has 1 aromatic rings. The van der Waals surface area contributed by atoms with Crippen LogP contribution in [0.1, 0.15) is 32.8 Å². The van der Waals surface area contributed by atoms with Gasteiger partial charge in [0.2, 0.25) is 0 Å². The number of hydrogen-bond donors (Lipinski definition) is 1. The van der Waals surface area contributed by atoms with Crippen molar-refractivity contribution in [2.75, 3.05) is 12.3 Å². The van der Waals surface area contributed by atoms with E-state index < -0.39 is 0 Å². The molecule has 1 rings (SSSR count). The van der Waals surface area contributed by atoms with Crippen LogP contribution in [-0.2, 0) is 6.54 Å².